The molecule has 1 N–H and O–H groups in total. The average Bonchev–Trinajstić information content (AvgIpc) is 2.94. The van der Waals surface area contributed by atoms with Crippen LogP contribution < -0.4 is 5.32 Å². The molecule has 0 saturated carbocycles. The molecular weight excluding hydrogens is 250 g/mol. The molecule has 3 heteroatoms. The first kappa shape index (κ1) is 11.9. The Kier molecular flexibility index (Phi) is 3.64. The second-order valence-corrected chi connectivity index (χ2v) is 6.82. The van der Waals surface area contributed by atoms with Crippen LogP contribution in [0, 0.1) is 0 Å². The maximum atomic E-state index is 6.03. The summed E-state index contributed by atoms with van der Waals surface area (Å²) < 4.78 is 0. The molecule has 1 saturated heterocycles. The standard InChI is InChI=1S/C14H18ClNS/c15-11-4-5-13-10(8-11)3-6-14(13)16-9-12-2-1-7-17-12/h4-5,8,12,14,16H,1-3,6-7,9H2. The Hall–Kier alpha value is -0.180. The van der Waals surface area contributed by atoms with E-state index in [9.17, 15) is 0 Å². The molecule has 1 heterocycles. The van der Waals surface area contributed by atoms with Crippen LogP contribution in [0.15, 0.2) is 18.2 Å². The highest BCUT2D eigenvalue weighted by Gasteiger charge is 2.24. The number of nitrogens with one attached hydrogen (secondary N) is 1. The van der Waals surface area contributed by atoms with E-state index in [2.05, 4.69) is 29.2 Å². The second-order valence-electron chi connectivity index (χ2n) is 4.98. The predicted molar refractivity (Wildman–Crippen MR) is 76.0 cm³/mol. The molecule has 1 aliphatic carbocycles. The molecule has 1 aliphatic heterocycles. The molecule has 2 unspecified atom stereocenters. The molecule has 2 aliphatic rings. The Morgan fingerprint density at radius 3 is 3.12 bits per heavy atom. The number of halogens is 1. The Bertz CT molecular complexity index is 401. The summed E-state index contributed by atoms with van der Waals surface area (Å²) >= 11 is 8.15. The molecule has 0 amide bonds. The van der Waals surface area contributed by atoms with Crippen LogP contribution in [0.5, 0.6) is 0 Å². The van der Waals surface area contributed by atoms with Crippen LogP contribution in [0.3, 0.4) is 0 Å². The van der Waals surface area contributed by atoms with E-state index in [1.165, 1.54) is 42.6 Å². The van der Waals surface area contributed by atoms with Crippen molar-refractivity contribution in [1.82, 2.24) is 5.32 Å². The van der Waals surface area contributed by atoms with Crippen LogP contribution in [0.1, 0.15) is 36.4 Å². The van der Waals surface area contributed by atoms with Gasteiger partial charge in [0.1, 0.15) is 0 Å². The van der Waals surface area contributed by atoms with Gasteiger partial charge in [0.05, 0.1) is 0 Å². The molecule has 17 heavy (non-hydrogen) atoms. The summed E-state index contributed by atoms with van der Waals surface area (Å²) in [5.41, 5.74) is 2.91. The van der Waals surface area contributed by atoms with Gasteiger partial charge in [-0.2, -0.15) is 11.8 Å². The van der Waals surface area contributed by atoms with Crippen molar-refractivity contribution < 1.29 is 0 Å². The van der Waals surface area contributed by atoms with Crippen molar-refractivity contribution in [2.75, 3.05) is 12.3 Å². The molecule has 0 bridgehead atoms. The van der Waals surface area contributed by atoms with Gasteiger partial charge in [0.2, 0.25) is 0 Å². The van der Waals surface area contributed by atoms with Gasteiger partial charge in [-0.1, -0.05) is 17.7 Å². The van der Waals surface area contributed by atoms with Crippen LogP contribution in [0.25, 0.3) is 0 Å². The zero-order valence-electron chi connectivity index (χ0n) is 9.92. The monoisotopic (exact) mass is 267 g/mol. The molecule has 3 rings (SSSR count). The lowest BCUT2D eigenvalue weighted by Crippen LogP contribution is -2.26. The number of aryl methyl sites for hydroxylation is 1. The molecule has 0 aromatic heterocycles. The first-order valence-electron chi connectivity index (χ1n) is 6.46. The van der Waals surface area contributed by atoms with E-state index in [-0.39, 0.29) is 0 Å². The first-order valence-corrected chi connectivity index (χ1v) is 7.89. The van der Waals surface area contributed by atoms with Crippen molar-refractivity contribution in [2.45, 2.75) is 37.0 Å². The average molecular weight is 268 g/mol. The van der Waals surface area contributed by atoms with Crippen LogP contribution in [-0.4, -0.2) is 17.5 Å². The number of fused-ring (bicyclic) bond motifs is 1. The summed E-state index contributed by atoms with van der Waals surface area (Å²) in [5, 5.41) is 5.45. The van der Waals surface area contributed by atoms with E-state index in [1.807, 2.05) is 6.07 Å². The van der Waals surface area contributed by atoms with Crippen molar-refractivity contribution in [1.29, 1.82) is 0 Å². The molecule has 1 nitrogen and oxygen atoms in total. The zero-order chi connectivity index (χ0) is 11.7. The zero-order valence-corrected chi connectivity index (χ0v) is 11.5. The fraction of sp³-hybridized carbons (Fsp3) is 0.571. The minimum atomic E-state index is 0.559. The lowest BCUT2D eigenvalue weighted by Gasteiger charge is -2.17. The van der Waals surface area contributed by atoms with Gasteiger partial charge in [0.25, 0.3) is 0 Å². The van der Waals surface area contributed by atoms with Crippen molar-refractivity contribution in [2.24, 2.45) is 0 Å². The molecule has 0 spiro atoms. The first-order chi connectivity index (χ1) is 8.33. The van der Waals surface area contributed by atoms with Gasteiger partial charge in [0.15, 0.2) is 0 Å². The molecule has 1 aromatic rings. The smallest absolute Gasteiger partial charge is 0.0408 e. The van der Waals surface area contributed by atoms with E-state index < -0.39 is 0 Å². The summed E-state index contributed by atoms with van der Waals surface area (Å²) in [6, 6.07) is 6.90. The Morgan fingerprint density at radius 1 is 1.35 bits per heavy atom. The molecule has 1 aromatic carbocycles. The van der Waals surface area contributed by atoms with Crippen LogP contribution >= 0.6 is 23.4 Å². The summed E-state index contributed by atoms with van der Waals surface area (Å²) in [4.78, 5) is 0. The molecule has 1 fully saturated rings. The van der Waals surface area contributed by atoms with Crippen LogP contribution in [-0.2, 0) is 6.42 Å². The number of rotatable bonds is 3. The van der Waals surface area contributed by atoms with Crippen molar-refractivity contribution in [3.8, 4) is 0 Å². The minimum absolute atomic E-state index is 0.559. The number of benzene rings is 1. The summed E-state index contributed by atoms with van der Waals surface area (Å²) in [7, 11) is 0. The third-order valence-electron chi connectivity index (χ3n) is 3.80. The largest absolute Gasteiger partial charge is 0.309 e. The van der Waals surface area contributed by atoms with Crippen LogP contribution in [0.4, 0.5) is 0 Å². The fourth-order valence-electron chi connectivity index (χ4n) is 2.88. The molecule has 92 valence electrons. The second kappa shape index (κ2) is 5.21. The highest BCUT2D eigenvalue weighted by molar-refractivity contribution is 8.00. The maximum Gasteiger partial charge on any atom is 0.0408 e. The predicted octanol–water partition coefficient (Wildman–Crippen LogP) is 3.81. The lowest BCUT2D eigenvalue weighted by atomic mass is 10.1. The van der Waals surface area contributed by atoms with Crippen molar-refractivity contribution >= 4 is 23.4 Å². The highest BCUT2D eigenvalue weighted by Crippen LogP contribution is 2.33. The number of hydrogen-bond acceptors (Lipinski definition) is 2. The van der Waals surface area contributed by atoms with Gasteiger partial charge in [-0.15, -0.1) is 0 Å². The minimum Gasteiger partial charge on any atom is -0.309 e. The summed E-state index contributed by atoms with van der Waals surface area (Å²) in [5.74, 6) is 1.35. The van der Waals surface area contributed by atoms with Gasteiger partial charge >= 0.3 is 0 Å². The van der Waals surface area contributed by atoms with Gasteiger partial charge < -0.3 is 5.32 Å². The third-order valence-corrected chi connectivity index (χ3v) is 5.43. The van der Waals surface area contributed by atoms with Gasteiger partial charge in [-0.3, -0.25) is 0 Å². The van der Waals surface area contributed by atoms with E-state index in [1.54, 1.807) is 0 Å². The third kappa shape index (κ3) is 2.64. The van der Waals surface area contributed by atoms with Gasteiger partial charge in [0, 0.05) is 22.9 Å². The summed E-state index contributed by atoms with van der Waals surface area (Å²) in [6.45, 7) is 1.16. The number of hydrogen-bond donors (Lipinski definition) is 1. The normalized spacial score (nSPS) is 27.4. The quantitative estimate of drug-likeness (QED) is 0.894. The molecule has 2 atom stereocenters. The van der Waals surface area contributed by atoms with Crippen molar-refractivity contribution in [3.05, 3.63) is 34.3 Å². The van der Waals surface area contributed by atoms with Crippen molar-refractivity contribution in [3.63, 3.8) is 0 Å². The topological polar surface area (TPSA) is 12.0 Å². The molecular formula is C14H18ClNS. The van der Waals surface area contributed by atoms with E-state index in [4.69, 9.17) is 11.6 Å². The van der Waals surface area contributed by atoms with Crippen LogP contribution in [0.2, 0.25) is 5.02 Å². The molecule has 0 radical (unpaired) electrons. The van der Waals surface area contributed by atoms with Gasteiger partial charge in [-0.05, 0) is 54.7 Å². The van der Waals surface area contributed by atoms with E-state index >= 15 is 0 Å². The highest BCUT2D eigenvalue weighted by atomic mass is 35.5. The Morgan fingerprint density at radius 2 is 2.29 bits per heavy atom. The Balaban J connectivity index is 1.63. The summed E-state index contributed by atoms with van der Waals surface area (Å²) in [6.07, 6.45) is 5.18. The number of thioether (sulfide) groups is 1. The van der Waals surface area contributed by atoms with E-state index in [0.29, 0.717) is 6.04 Å². The van der Waals surface area contributed by atoms with E-state index in [0.717, 1.165) is 16.8 Å². The SMILES string of the molecule is Clc1ccc2c(c1)CCC2NCC1CCCS1. The van der Waals surface area contributed by atoms with Gasteiger partial charge in [-0.25, -0.2) is 0 Å². The lowest BCUT2D eigenvalue weighted by molar-refractivity contribution is 0.522. The Labute approximate surface area is 112 Å². The fourth-order valence-corrected chi connectivity index (χ4v) is 4.29. The maximum absolute atomic E-state index is 6.03.